The first kappa shape index (κ1) is 11.0. The molecule has 0 aliphatic heterocycles. The van der Waals surface area contributed by atoms with Crippen LogP contribution in [-0.2, 0) is 4.79 Å². The number of rotatable bonds is 4. The molecular weight excluding hydrogens is 200 g/mol. The van der Waals surface area contributed by atoms with E-state index in [-0.39, 0.29) is 6.04 Å². The number of aromatic nitrogens is 1. The van der Waals surface area contributed by atoms with Gasteiger partial charge in [-0.1, -0.05) is 0 Å². The normalized spacial score (nSPS) is 14.8. The number of nitrogens with one attached hydrogen (secondary N) is 1. The second kappa shape index (κ2) is 4.41. The number of thiazole rings is 1. The van der Waals surface area contributed by atoms with Crippen LogP contribution in [0.2, 0.25) is 0 Å². The van der Waals surface area contributed by atoms with E-state index in [1.807, 2.05) is 19.2 Å². The Kier molecular flexibility index (Phi) is 3.46. The van der Waals surface area contributed by atoms with Gasteiger partial charge in [0, 0.05) is 11.4 Å². The van der Waals surface area contributed by atoms with Crippen LogP contribution >= 0.6 is 11.3 Å². The van der Waals surface area contributed by atoms with E-state index in [0.717, 1.165) is 10.8 Å². The van der Waals surface area contributed by atoms with E-state index in [1.54, 1.807) is 6.92 Å². The lowest BCUT2D eigenvalue weighted by molar-refractivity contribution is -0.141. The Balaban J connectivity index is 2.56. The second-order valence-electron chi connectivity index (χ2n) is 3.35. The highest BCUT2D eigenvalue weighted by Crippen LogP contribution is 2.17. The predicted octanol–water partition coefficient (Wildman–Crippen LogP) is 1.97. The van der Waals surface area contributed by atoms with Crippen molar-refractivity contribution in [3.05, 3.63) is 11.1 Å². The Morgan fingerprint density at radius 3 is 2.71 bits per heavy atom. The van der Waals surface area contributed by atoms with E-state index in [2.05, 4.69) is 10.3 Å². The van der Waals surface area contributed by atoms with E-state index in [0.29, 0.717) is 0 Å². The maximum absolute atomic E-state index is 10.7. The fraction of sp³-hybridized carbons (Fsp3) is 0.556. The van der Waals surface area contributed by atoms with Gasteiger partial charge in [-0.25, -0.2) is 4.98 Å². The van der Waals surface area contributed by atoms with E-state index in [9.17, 15) is 4.79 Å². The fourth-order valence-corrected chi connectivity index (χ4v) is 1.74. The minimum Gasteiger partial charge on any atom is -0.481 e. The molecule has 0 fully saturated rings. The van der Waals surface area contributed by atoms with E-state index >= 15 is 0 Å². The molecule has 0 saturated carbocycles. The highest BCUT2D eigenvalue weighted by Gasteiger charge is 2.19. The number of hydrogen-bond donors (Lipinski definition) is 2. The van der Waals surface area contributed by atoms with Crippen molar-refractivity contribution in [1.29, 1.82) is 0 Å². The minimum atomic E-state index is -0.793. The number of aryl methyl sites for hydroxylation is 1. The summed E-state index contributed by atoms with van der Waals surface area (Å²) < 4.78 is 0. The van der Waals surface area contributed by atoms with E-state index < -0.39 is 11.9 Å². The Bertz CT molecular complexity index is 324. The molecule has 0 amide bonds. The highest BCUT2D eigenvalue weighted by atomic mass is 32.1. The molecule has 0 aliphatic carbocycles. The van der Waals surface area contributed by atoms with Gasteiger partial charge in [0.2, 0.25) is 0 Å². The van der Waals surface area contributed by atoms with Crippen molar-refractivity contribution in [3.8, 4) is 0 Å². The summed E-state index contributed by atoms with van der Waals surface area (Å²) in [5.41, 5.74) is 0.952. The molecular formula is C9H14N2O2S. The molecule has 5 heteroatoms. The number of anilines is 1. The summed E-state index contributed by atoms with van der Waals surface area (Å²) in [6, 6.07) is -0.113. The van der Waals surface area contributed by atoms with E-state index in [1.165, 1.54) is 11.3 Å². The summed E-state index contributed by atoms with van der Waals surface area (Å²) >= 11 is 1.49. The Morgan fingerprint density at radius 2 is 2.29 bits per heavy atom. The molecule has 78 valence electrons. The average molecular weight is 214 g/mol. The molecule has 4 nitrogen and oxygen atoms in total. The van der Waals surface area contributed by atoms with Crippen molar-refractivity contribution in [2.75, 3.05) is 5.32 Å². The van der Waals surface area contributed by atoms with Gasteiger partial charge in [-0.05, 0) is 20.8 Å². The van der Waals surface area contributed by atoms with Gasteiger partial charge in [0.05, 0.1) is 11.6 Å². The molecule has 0 radical (unpaired) electrons. The van der Waals surface area contributed by atoms with Crippen LogP contribution in [0, 0.1) is 12.8 Å². The molecule has 1 heterocycles. The third kappa shape index (κ3) is 2.70. The summed E-state index contributed by atoms with van der Waals surface area (Å²) in [4.78, 5) is 14.9. The van der Waals surface area contributed by atoms with Gasteiger partial charge in [-0.2, -0.15) is 0 Å². The molecule has 2 N–H and O–H groups in total. The van der Waals surface area contributed by atoms with Crippen molar-refractivity contribution in [1.82, 2.24) is 4.98 Å². The number of hydrogen-bond acceptors (Lipinski definition) is 4. The number of carbonyl (C=O) groups is 1. The Morgan fingerprint density at radius 1 is 1.64 bits per heavy atom. The summed E-state index contributed by atoms with van der Waals surface area (Å²) in [5.74, 6) is -1.21. The van der Waals surface area contributed by atoms with Gasteiger partial charge in [0.15, 0.2) is 5.13 Å². The fourth-order valence-electron chi connectivity index (χ4n) is 0.954. The second-order valence-corrected chi connectivity index (χ2v) is 4.21. The molecule has 1 aromatic rings. The summed E-state index contributed by atoms with van der Waals surface area (Å²) in [6.45, 7) is 5.43. The van der Waals surface area contributed by atoms with Crippen molar-refractivity contribution < 1.29 is 9.90 Å². The lowest BCUT2D eigenvalue weighted by Gasteiger charge is -2.16. The van der Waals surface area contributed by atoms with Crippen molar-refractivity contribution in [2.24, 2.45) is 5.92 Å². The van der Waals surface area contributed by atoms with Crippen molar-refractivity contribution in [3.63, 3.8) is 0 Å². The average Bonchev–Trinajstić information content (AvgIpc) is 2.49. The van der Waals surface area contributed by atoms with E-state index in [4.69, 9.17) is 5.11 Å². The van der Waals surface area contributed by atoms with Gasteiger partial charge < -0.3 is 10.4 Å². The zero-order valence-electron chi connectivity index (χ0n) is 8.44. The monoisotopic (exact) mass is 214 g/mol. The molecule has 0 bridgehead atoms. The SMILES string of the molecule is Cc1csc(NC(C)C(C)C(=O)O)n1. The number of nitrogens with zero attached hydrogens (tertiary/aromatic N) is 1. The van der Waals surface area contributed by atoms with Crippen LogP contribution in [0.25, 0.3) is 0 Å². The molecule has 1 aromatic heterocycles. The standard InChI is InChI=1S/C9H14N2O2S/c1-5-4-14-9(10-5)11-7(3)6(2)8(12)13/h4,6-7H,1-3H3,(H,10,11)(H,12,13). The predicted molar refractivity (Wildman–Crippen MR) is 56.7 cm³/mol. The lowest BCUT2D eigenvalue weighted by atomic mass is 10.1. The van der Waals surface area contributed by atoms with Gasteiger partial charge in [0.25, 0.3) is 0 Å². The largest absolute Gasteiger partial charge is 0.481 e. The first-order chi connectivity index (χ1) is 6.50. The summed E-state index contributed by atoms with van der Waals surface area (Å²) in [6.07, 6.45) is 0. The van der Waals surface area contributed by atoms with Crippen molar-refractivity contribution in [2.45, 2.75) is 26.8 Å². The third-order valence-electron chi connectivity index (χ3n) is 2.11. The molecule has 1 rings (SSSR count). The van der Waals surface area contributed by atoms with Gasteiger partial charge in [-0.15, -0.1) is 11.3 Å². The lowest BCUT2D eigenvalue weighted by Crippen LogP contribution is -2.29. The van der Waals surface area contributed by atoms with Crippen LogP contribution in [0.5, 0.6) is 0 Å². The van der Waals surface area contributed by atoms with Crippen LogP contribution in [0.3, 0.4) is 0 Å². The van der Waals surface area contributed by atoms with Crippen LogP contribution in [0.1, 0.15) is 19.5 Å². The van der Waals surface area contributed by atoms with Crippen LogP contribution in [-0.4, -0.2) is 22.1 Å². The molecule has 14 heavy (non-hydrogen) atoms. The van der Waals surface area contributed by atoms with Crippen LogP contribution in [0.4, 0.5) is 5.13 Å². The summed E-state index contributed by atoms with van der Waals surface area (Å²) in [5, 5.41) is 14.6. The maximum atomic E-state index is 10.7. The minimum absolute atomic E-state index is 0.113. The number of carboxylic acid groups (broad SMARTS) is 1. The van der Waals surface area contributed by atoms with Gasteiger partial charge in [0.1, 0.15) is 0 Å². The quantitative estimate of drug-likeness (QED) is 0.804. The molecule has 2 atom stereocenters. The molecule has 0 spiro atoms. The molecule has 0 saturated heterocycles. The summed E-state index contributed by atoms with van der Waals surface area (Å²) in [7, 11) is 0. The number of carboxylic acids is 1. The van der Waals surface area contributed by atoms with Crippen LogP contribution < -0.4 is 5.32 Å². The first-order valence-corrected chi connectivity index (χ1v) is 5.30. The highest BCUT2D eigenvalue weighted by molar-refractivity contribution is 7.13. The van der Waals surface area contributed by atoms with Gasteiger partial charge in [-0.3, -0.25) is 4.79 Å². The molecule has 0 aromatic carbocycles. The Hall–Kier alpha value is -1.10. The third-order valence-corrected chi connectivity index (χ3v) is 3.00. The van der Waals surface area contributed by atoms with Gasteiger partial charge >= 0.3 is 5.97 Å². The van der Waals surface area contributed by atoms with Crippen molar-refractivity contribution >= 4 is 22.4 Å². The van der Waals surface area contributed by atoms with Crippen LogP contribution in [0.15, 0.2) is 5.38 Å². The topological polar surface area (TPSA) is 62.2 Å². The maximum Gasteiger partial charge on any atom is 0.308 e. The Labute approximate surface area is 87.0 Å². The smallest absolute Gasteiger partial charge is 0.308 e. The first-order valence-electron chi connectivity index (χ1n) is 4.42. The number of aliphatic carboxylic acids is 1. The molecule has 0 aliphatic rings. The molecule has 2 unspecified atom stereocenters. The zero-order chi connectivity index (χ0) is 10.7. The zero-order valence-corrected chi connectivity index (χ0v) is 9.26.